The van der Waals surface area contributed by atoms with Gasteiger partial charge in [-0.25, -0.2) is 9.18 Å². The second-order valence-corrected chi connectivity index (χ2v) is 6.99. The van der Waals surface area contributed by atoms with Crippen LogP contribution in [-0.2, 0) is 17.7 Å². The van der Waals surface area contributed by atoms with Crippen LogP contribution in [0.5, 0.6) is 5.75 Å². The number of carbonyl (C=O) groups is 1. The highest BCUT2D eigenvalue weighted by molar-refractivity contribution is 6.30. The molecule has 1 N–H and O–H groups in total. The maximum absolute atomic E-state index is 14.4. The Morgan fingerprint density at radius 3 is 2.70 bits per heavy atom. The number of benzene rings is 2. The minimum atomic E-state index is -0.741. The Bertz CT molecular complexity index is 1160. The molecule has 30 heavy (non-hydrogen) atoms. The molecule has 0 saturated carbocycles. The Hall–Kier alpha value is -2.90. The van der Waals surface area contributed by atoms with Crippen LogP contribution in [0.15, 0.2) is 41.3 Å². The molecule has 158 valence electrons. The number of hydrogen-bond acceptors (Lipinski definition) is 5. The number of hydrogen-bond donors (Lipinski definition) is 1. The topological polar surface area (TPSA) is 77.8 Å². The van der Waals surface area contributed by atoms with Gasteiger partial charge in [0, 0.05) is 30.6 Å². The summed E-state index contributed by atoms with van der Waals surface area (Å²) in [5, 5.41) is 9.66. The van der Waals surface area contributed by atoms with Gasteiger partial charge in [-0.2, -0.15) is 0 Å². The number of nitrogens with zero attached hydrogens (tertiary/aromatic N) is 1. The lowest BCUT2D eigenvalue weighted by Gasteiger charge is -2.16. The first-order valence-electron chi connectivity index (χ1n) is 9.36. The van der Waals surface area contributed by atoms with E-state index in [4.69, 9.17) is 21.1 Å². The zero-order valence-electron chi connectivity index (χ0n) is 16.6. The van der Waals surface area contributed by atoms with Crippen LogP contribution in [0.4, 0.5) is 4.39 Å². The van der Waals surface area contributed by atoms with Crippen molar-refractivity contribution in [2.24, 2.45) is 0 Å². The first kappa shape index (κ1) is 21.8. The fraction of sp³-hybridized carbons (Fsp3) is 0.273. The molecule has 0 fully saturated rings. The number of methoxy groups -OCH3 is 1. The van der Waals surface area contributed by atoms with Crippen LogP contribution in [0, 0.1) is 5.82 Å². The van der Waals surface area contributed by atoms with Gasteiger partial charge in [0.05, 0.1) is 30.9 Å². The van der Waals surface area contributed by atoms with Crippen molar-refractivity contribution in [1.82, 2.24) is 4.57 Å². The van der Waals surface area contributed by atoms with E-state index >= 15 is 0 Å². The second kappa shape index (κ2) is 9.28. The third-order valence-corrected chi connectivity index (χ3v) is 5.02. The highest BCUT2D eigenvalue weighted by Crippen LogP contribution is 2.29. The van der Waals surface area contributed by atoms with Gasteiger partial charge in [0.25, 0.3) is 0 Å². The highest BCUT2D eigenvalue weighted by atomic mass is 35.5. The molecular formula is C22H21ClFNO5. The molecule has 0 spiro atoms. The maximum atomic E-state index is 14.4. The van der Waals surface area contributed by atoms with Gasteiger partial charge in [0.2, 0.25) is 5.43 Å². The SMILES string of the molecule is CCOC(=O)c1cn(CCO)c2cc(OC)c(Cc3cccc(Cl)c3F)cc2c1=O. The van der Waals surface area contributed by atoms with Crippen molar-refractivity contribution in [2.75, 3.05) is 20.3 Å². The van der Waals surface area contributed by atoms with Crippen molar-refractivity contribution in [3.8, 4) is 5.75 Å². The van der Waals surface area contributed by atoms with E-state index in [1.807, 2.05) is 0 Å². The smallest absolute Gasteiger partial charge is 0.343 e. The summed E-state index contributed by atoms with van der Waals surface area (Å²) in [6.45, 7) is 1.73. The van der Waals surface area contributed by atoms with Crippen LogP contribution in [0.25, 0.3) is 10.9 Å². The molecule has 0 aliphatic rings. The number of rotatable bonds is 7. The van der Waals surface area contributed by atoms with E-state index in [1.165, 1.54) is 19.4 Å². The van der Waals surface area contributed by atoms with Crippen LogP contribution in [0.2, 0.25) is 5.02 Å². The van der Waals surface area contributed by atoms with E-state index in [0.717, 1.165) is 0 Å². The van der Waals surface area contributed by atoms with Crippen LogP contribution in [0.3, 0.4) is 0 Å². The molecule has 0 unspecified atom stereocenters. The molecule has 0 aliphatic carbocycles. The largest absolute Gasteiger partial charge is 0.496 e. The van der Waals surface area contributed by atoms with Gasteiger partial charge >= 0.3 is 5.97 Å². The van der Waals surface area contributed by atoms with Gasteiger partial charge in [0.1, 0.15) is 17.1 Å². The number of fused-ring (bicyclic) bond motifs is 1. The van der Waals surface area contributed by atoms with Crippen molar-refractivity contribution < 1.29 is 23.8 Å². The molecule has 0 amide bonds. The lowest BCUT2D eigenvalue weighted by atomic mass is 10.00. The molecule has 0 radical (unpaired) electrons. The Morgan fingerprint density at radius 1 is 1.27 bits per heavy atom. The Kier molecular flexibility index (Phi) is 6.74. The van der Waals surface area contributed by atoms with E-state index in [1.54, 1.807) is 35.8 Å². The van der Waals surface area contributed by atoms with Crippen LogP contribution in [0.1, 0.15) is 28.4 Å². The van der Waals surface area contributed by atoms with E-state index < -0.39 is 17.2 Å². The molecule has 0 aliphatic heterocycles. The summed E-state index contributed by atoms with van der Waals surface area (Å²) in [5.74, 6) is -0.842. The molecule has 0 atom stereocenters. The average molecular weight is 434 g/mol. The molecule has 3 rings (SSSR count). The minimum Gasteiger partial charge on any atom is -0.496 e. The van der Waals surface area contributed by atoms with Crippen LogP contribution >= 0.6 is 11.6 Å². The number of aliphatic hydroxyl groups is 1. The predicted octanol–water partition coefficient (Wildman–Crippen LogP) is 3.56. The normalized spacial score (nSPS) is 11.0. The van der Waals surface area contributed by atoms with Crippen LogP contribution < -0.4 is 10.2 Å². The standard InChI is InChI=1S/C22H21ClFNO5/c1-3-30-22(28)16-12-25(7-8-26)18-11-19(29-2)14(10-15(18)21(16)27)9-13-5-4-6-17(23)20(13)24/h4-6,10-12,26H,3,7-9H2,1-2H3. The van der Waals surface area contributed by atoms with E-state index in [2.05, 4.69) is 0 Å². The van der Waals surface area contributed by atoms with Gasteiger partial charge in [-0.15, -0.1) is 0 Å². The summed E-state index contributed by atoms with van der Waals surface area (Å²) in [7, 11) is 1.47. The van der Waals surface area contributed by atoms with Gasteiger partial charge in [-0.1, -0.05) is 23.7 Å². The van der Waals surface area contributed by atoms with Crippen LogP contribution in [-0.4, -0.2) is 36.0 Å². The summed E-state index contributed by atoms with van der Waals surface area (Å²) in [6, 6.07) is 7.91. The molecule has 3 aromatic rings. The maximum Gasteiger partial charge on any atom is 0.343 e. The molecule has 0 bridgehead atoms. The number of halogens is 2. The fourth-order valence-electron chi connectivity index (χ4n) is 3.33. The second-order valence-electron chi connectivity index (χ2n) is 6.58. The van der Waals surface area contributed by atoms with Crippen molar-refractivity contribution >= 4 is 28.5 Å². The Morgan fingerprint density at radius 2 is 2.03 bits per heavy atom. The summed E-state index contributed by atoms with van der Waals surface area (Å²) in [5.41, 5.74) is 0.738. The lowest BCUT2D eigenvalue weighted by Crippen LogP contribution is -2.22. The van der Waals surface area contributed by atoms with E-state index in [9.17, 15) is 19.1 Å². The average Bonchev–Trinajstić information content (AvgIpc) is 2.73. The van der Waals surface area contributed by atoms with Gasteiger partial charge in [0.15, 0.2) is 0 Å². The molecular weight excluding hydrogens is 413 g/mol. The number of esters is 1. The molecule has 2 aromatic carbocycles. The first-order chi connectivity index (χ1) is 14.4. The molecule has 6 nitrogen and oxygen atoms in total. The van der Waals surface area contributed by atoms with Crippen molar-refractivity contribution in [3.63, 3.8) is 0 Å². The highest BCUT2D eigenvalue weighted by Gasteiger charge is 2.19. The van der Waals surface area contributed by atoms with Gasteiger partial charge < -0.3 is 19.1 Å². The first-order valence-corrected chi connectivity index (χ1v) is 9.74. The molecule has 8 heteroatoms. The summed E-state index contributed by atoms with van der Waals surface area (Å²) < 4.78 is 26.4. The minimum absolute atomic E-state index is 0.00200. The Labute approximate surface area is 177 Å². The number of aliphatic hydroxyl groups excluding tert-OH is 1. The monoisotopic (exact) mass is 433 g/mol. The quantitative estimate of drug-likeness (QED) is 0.576. The van der Waals surface area contributed by atoms with E-state index in [-0.39, 0.29) is 42.2 Å². The number of aromatic nitrogens is 1. The lowest BCUT2D eigenvalue weighted by molar-refractivity contribution is 0.0524. The van der Waals surface area contributed by atoms with E-state index in [0.29, 0.717) is 22.4 Å². The van der Waals surface area contributed by atoms with Gasteiger partial charge in [-0.3, -0.25) is 4.79 Å². The number of pyridine rings is 1. The zero-order valence-corrected chi connectivity index (χ0v) is 17.3. The fourth-order valence-corrected chi connectivity index (χ4v) is 3.52. The molecule has 0 saturated heterocycles. The molecule has 1 aromatic heterocycles. The van der Waals surface area contributed by atoms with Crippen molar-refractivity contribution in [3.05, 3.63) is 74.3 Å². The van der Waals surface area contributed by atoms with Gasteiger partial charge in [-0.05, 0) is 30.2 Å². The predicted molar refractivity (Wildman–Crippen MR) is 112 cm³/mol. The number of ether oxygens (including phenoxy) is 2. The zero-order chi connectivity index (χ0) is 21.8. The summed E-state index contributed by atoms with van der Waals surface area (Å²) in [4.78, 5) is 25.3. The number of carbonyl (C=O) groups excluding carboxylic acids is 1. The third-order valence-electron chi connectivity index (χ3n) is 4.73. The summed E-state index contributed by atoms with van der Waals surface area (Å²) in [6.07, 6.45) is 1.50. The van der Waals surface area contributed by atoms with Crippen molar-refractivity contribution in [2.45, 2.75) is 19.9 Å². The third kappa shape index (κ3) is 4.17. The van der Waals surface area contributed by atoms with Crippen molar-refractivity contribution in [1.29, 1.82) is 0 Å². The molecule has 1 heterocycles. The Balaban J connectivity index is 2.24. The summed E-state index contributed by atoms with van der Waals surface area (Å²) >= 11 is 5.88.